The van der Waals surface area contributed by atoms with E-state index in [9.17, 15) is 18.6 Å². The quantitative estimate of drug-likeness (QED) is 0.456. The van der Waals surface area contributed by atoms with Gasteiger partial charge in [-0.05, 0) is 43.2 Å². The highest BCUT2D eigenvalue weighted by molar-refractivity contribution is 7.89. The minimum atomic E-state index is -3.80. The van der Waals surface area contributed by atoms with Gasteiger partial charge in [0.05, 0.1) is 11.1 Å². The van der Waals surface area contributed by atoms with Crippen molar-refractivity contribution in [3.63, 3.8) is 0 Å². The van der Waals surface area contributed by atoms with Crippen LogP contribution in [0.15, 0.2) is 46.4 Å². The Morgan fingerprint density at radius 1 is 1.14 bits per heavy atom. The first-order valence-electron chi connectivity index (χ1n) is 6.44. The van der Waals surface area contributed by atoms with Gasteiger partial charge in [0.2, 0.25) is 0 Å². The molecule has 0 saturated heterocycles. The van der Waals surface area contributed by atoms with Crippen molar-refractivity contribution in [2.24, 2.45) is 5.10 Å². The summed E-state index contributed by atoms with van der Waals surface area (Å²) < 4.78 is 24.4. The van der Waals surface area contributed by atoms with Crippen molar-refractivity contribution in [1.82, 2.24) is 4.83 Å². The molecule has 0 saturated carbocycles. The van der Waals surface area contributed by atoms with E-state index in [2.05, 4.69) is 9.93 Å². The van der Waals surface area contributed by atoms with Crippen LogP contribution >= 0.6 is 0 Å². The fourth-order valence-electron chi connectivity index (χ4n) is 1.86. The number of hydrazone groups is 1. The van der Waals surface area contributed by atoms with E-state index in [4.69, 9.17) is 0 Å². The summed E-state index contributed by atoms with van der Waals surface area (Å²) in [6.45, 7) is 3.49. The Hall–Kier alpha value is -2.54. The average molecular weight is 320 g/mol. The Kier molecular flexibility index (Phi) is 4.37. The molecule has 22 heavy (non-hydrogen) atoms. The van der Waals surface area contributed by atoms with Gasteiger partial charge in [0.25, 0.3) is 10.0 Å². The lowest BCUT2D eigenvalue weighted by Gasteiger charge is -2.07. The van der Waals surface area contributed by atoms with Crippen LogP contribution in [-0.2, 0) is 10.0 Å². The molecule has 2 rings (SSSR count). The van der Waals surface area contributed by atoms with Gasteiger partial charge in [-0.15, -0.1) is 0 Å². The molecule has 116 valence electrons. The van der Waals surface area contributed by atoms with Gasteiger partial charge in [-0.25, -0.2) is 4.83 Å². The highest BCUT2D eigenvalue weighted by atomic mass is 32.2. The first-order chi connectivity index (χ1) is 10.3. The molecule has 0 bridgehead atoms. The second-order valence-electron chi connectivity index (χ2n) is 4.84. The van der Waals surface area contributed by atoms with E-state index in [1.54, 1.807) is 26.0 Å². The van der Waals surface area contributed by atoms with E-state index in [1.165, 1.54) is 18.2 Å². The summed E-state index contributed by atoms with van der Waals surface area (Å²) in [5.41, 5.74) is 1.62. The molecule has 3 N–H and O–H groups in total. The van der Waals surface area contributed by atoms with Crippen LogP contribution in [0.4, 0.5) is 0 Å². The van der Waals surface area contributed by atoms with Crippen LogP contribution in [0.5, 0.6) is 11.5 Å². The molecule has 2 aromatic carbocycles. The summed E-state index contributed by atoms with van der Waals surface area (Å²) >= 11 is 0. The van der Waals surface area contributed by atoms with Crippen LogP contribution in [0, 0.1) is 13.8 Å². The Bertz CT molecular complexity index is 829. The number of benzene rings is 2. The second-order valence-corrected chi connectivity index (χ2v) is 6.47. The maximum Gasteiger partial charge on any atom is 0.276 e. The third-order valence-corrected chi connectivity index (χ3v) is 4.42. The van der Waals surface area contributed by atoms with Crippen LogP contribution < -0.4 is 4.83 Å². The molecule has 0 aromatic heterocycles. The zero-order valence-corrected chi connectivity index (χ0v) is 12.9. The van der Waals surface area contributed by atoms with Gasteiger partial charge in [-0.3, -0.25) is 0 Å². The summed E-state index contributed by atoms with van der Waals surface area (Å²) in [4.78, 5) is 2.23. The first kappa shape index (κ1) is 15.8. The van der Waals surface area contributed by atoms with E-state index in [-0.39, 0.29) is 22.0 Å². The number of phenolic OH excluding ortho intramolecular Hbond substituents is 2. The van der Waals surface area contributed by atoms with Crippen LogP contribution in [0.1, 0.15) is 16.7 Å². The van der Waals surface area contributed by atoms with Crippen LogP contribution in [0.3, 0.4) is 0 Å². The second kappa shape index (κ2) is 6.07. The molecule has 0 atom stereocenters. The number of rotatable bonds is 4. The molecule has 0 fully saturated rings. The van der Waals surface area contributed by atoms with Crippen molar-refractivity contribution in [2.75, 3.05) is 0 Å². The molecular weight excluding hydrogens is 304 g/mol. The highest BCUT2D eigenvalue weighted by Crippen LogP contribution is 2.26. The van der Waals surface area contributed by atoms with Crippen molar-refractivity contribution in [2.45, 2.75) is 18.7 Å². The summed E-state index contributed by atoms with van der Waals surface area (Å²) in [7, 11) is -3.80. The lowest BCUT2D eigenvalue weighted by molar-refractivity contribution is 0.403. The summed E-state index contributed by atoms with van der Waals surface area (Å²) in [6.07, 6.45) is 1.12. The molecule has 0 aliphatic carbocycles. The van der Waals surface area contributed by atoms with Crippen LogP contribution in [-0.4, -0.2) is 24.8 Å². The van der Waals surface area contributed by atoms with E-state index < -0.39 is 10.0 Å². The highest BCUT2D eigenvalue weighted by Gasteiger charge is 2.15. The molecule has 0 radical (unpaired) electrons. The molecule has 0 aliphatic rings. The Morgan fingerprint density at radius 2 is 1.86 bits per heavy atom. The van der Waals surface area contributed by atoms with Gasteiger partial charge in [0.15, 0.2) is 11.5 Å². The van der Waals surface area contributed by atoms with Gasteiger partial charge in [-0.2, -0.15) is 13.5 Å². The molecule has 0 unspecified atom stereocenters. The minimum absolute atomic E-state index is 0.143. The van der Waals surface area contributed by atoms with E-state index in [0.717, 1.165) is 11.8 Å². The predicted molar refractivity (Wildman–Crippen MR) is 83.6 cm³/mol. The first-order valence-corrected chi connectivity index (χ1v) is 7.92. The minimum Gasteiger partial charge on any atom is -0.504 e. The number of nitrogens with zero attached hydrogens (tertiary/aromatic N) is 1. The molecule has 6 nitrogen and oxygen atoms in total. The Morgan fingerprint density at radius 3 is 2.59 bits per heavy atom. The van der Waals surface area contributed by atoms with Crippen LogP contribution in [0.25, 0.3) is 0 Å². The zero-order valence-electron chi connectivity index (χ0n) is 12.1. The molecule has 0 aliphatic heterocycles. The van der Waals surface area contributed by atoms with E-state index >= 15 is 0 Å². The third kappa shape index (κ3) is 3.37. The topological polar surface area (TPSA) is 99.0 Å². The fourth-order valence-corrected chi connectivity index (χ4v) is 2.99. The van der Waals surface area contributed by atoms with Crippen molar-refractivity contribution in [3.8, 4) is 11.5 Å². The molecule has 2 aromatic rings. The lowest BCUT2D eigenvalue weighted by Crippen LogP contribution is -2.19. The molecule has 7 heteroatoms. The maximum absolute atomic E-state index is 12.2. The summed E-state index contributed by atoms with van der Waals surface area (Å²) in [6, 6.07) is 9.41. The fraction of sp³-hybridized carbons (Fsp3) is 0.133. The van der Waals surface area contributed by atoms with Crippen molar-refractivity contribution >= 4 is 16.2 Å². The third-order valence-electron chi connectivity index (χ3n) is 3.06. The van der Waals surface area contributed by atoms with Gasteiger partial charge < -0.3 is 10.2 Å². The van der Waals surface area contributed by atoms with Gasteiger partial charge in [-0.1, -0.05) is 18.2 Å². The number of aryl methyl sites for hydroxylation is 2. The lowest BCUT2D eigenvalue weighted by atomic mass is 10.2. The zero-order chi connectivity index (χ0) is 16.3. The van der Waals surface area contributed by atoms with Gasteiger partial charge in [0.1, 0.15) is 0 Å². The standard InChI is InChI=1S/C15H16N2O4S/c1-10-6-7-11(2)14(8-10)22(20,21)17-16-9-12-4-3-5-13(18)15(12)19/h3-9,17-19H,1-2H3. The average Bonchev–Trinajstić information content (AvgIpc) is 2.46. The number of nitrogens with one attached hydrogen (secondary N) is 1. The van der Waals surface area contributed by atoms with Crippen LogP contribution in [0.2, 0.25) is 0 Å². The maximum atomic E-state index is 12.2. The Labute approximate surface area is 128 Å². The summed E-state index contributed by atoms with van der Waals surface area (Å²) in [5.74, 6) is -0.668. The molecule has 0 heterocycles. The SMILES string of the molecule is Cc1ccc(C)c(S(=O)(=O)NN=Cc2cccc(O)c2O)c1. The van der Waals surface area contributed by atoms with Crippen molar-refractivity contribution < 1.29 is 18.6 Å². The number of hydrogen-bond acceptors (Lipinski definition) is 5. The van der Waals surface area contributed by atoms with Crippen molar-refractivity contribution in [1.29, 1.82) is 0 Å². The molecule has 0 spiro atoms. The van der Waals surface area contributed by atoms with Gasteiger partial charge >= 0.3 is 0 Å². The molecule has 0 amide bonds. The largest absolute Gasteiger partial charge is 0.504 e. The van der Waals surface area contributed by atoms with E-state index in [0.29, 0.717) is 5.56 Å². The Balaban J connectivity index is 2.25. The normalized spacial score (nSPS) is 11.7. The summed E-state index contributed by atoms with van der Waals surface area (Å²) in [5, 5.41) is 22.6. The van der Waals surface area contributed by atoms with Gasteiger partial charge in [0, 0.05) is 5.56 Å². The number of para-hydroxylation sites is 1. The number of phenols is 2. The molecular formula is C15H16N2O4S. The smallest absolute Gasteiger partial charge is 0.276 e. The number of sulfonamides is 1. The van der Waals surface area contributed by atoms with E-state index in [1.807, 2.05) is 6.07 Å². The predicted octanol–water partition coefficient (Wildman–Crippen LogP) is 2.03. The number of hydrogen-bond donors (Lipinski definition) is 3. The monoisotopic (exact) mass is 320 g/mol. The number of aromatic hydroxyl groups is 2. The van der Waals surface area contributed by atoms with Crippen molar-refractivity contribution in [3.05, 3.63) is 53.1 Å².